The molecule has 1 unspecified atom stereocenters. The van der Waals surface area contributed by atoms with Crippen LogP contribution in [0.4, 0.5) is 15.8 Å². The summed E-state index contributed by atoms with van der Waals surface area (Å²) in [4.78, 5) is 24.2. The third-order valence-electron chi connectivity index (χ3n) is 5.28. The van der Waals surface area contributed by atoms with Gasteiger partial charge >= 0.3 is 0 Å². The highest BCUT2D eigenvalue weighted by atomic mass is 35.5. The summed E-state index contributed by atoms with van der Waals surface area (Å²) in [5.74, 6) is -0.340. The number of nitrogens with zero attached hydrogens (tertiary/aromatic N) is 3. The van der Waals surface area contributed by atoms with Crippen molar-refractivity contribution in [1.29, 1.82) is 0 Å². The van der Waals surface area contributed by atoms with Crippen LogP contribution in [0.3, 0.4) is 0 Å². The number of anilines is 2. The van der Waals surface area contributed by atoms with E-state index in [4.69, 9.17) is 0 Å². The van der Waals surface area contributed by atoms with Crippen LogP contribution in [0.5, 0.6) is 0 Å². The number of likely N-dealkylation sites (tertiary alicyclic amines) is 1. The van der Waals surface area contributed by atoms with Crippen LogP contribution in [0.1, 0.15) is 42.2 Å². The van der Waals surface area contributed by atoms with Gasteiger partial charge in [0.1, 0.15) is 5.82 Å². The molecule has 1 N–H and O–H groups in total. The van der Waals surface area contributed by atoms with Crippen molar-refractivity contribution in [1.82, 2.24) is 14.9 Å². The first-order chi connectivity index (χ1) is 13.5. The van der Waals surface area contributed by atoms with Crippen LogP contribution < -0.4 is 5.32 Å². The van der Waals surface area contributed by atoms with E-state index in [1.807, 2.05) is 24.0 Å². The molecule has 1 saturated heterocycles. The molecule has 7 heteroatoms. The van der Waals surface area contributed by atoms with Gasteiger partial charge in [-0.25, -0.2) is 14.4 Å². The van der Waals surface area contributed by atoms with E-state index < -0.39 is 0 Å². The third kappa shape index (κ3) is 4.32. The Balaban J connectivity index is 0.00000240. The van der Waals surface area contributed by atoms with Crippen molar-refractivity contribution in [2.24, 2.45) is 0 Å². The second-order valence-corrected chi connectivity index (χ2v) is 7.35. The number of hydrogen-bond donors (Lipinski definition) is 1. The topological polar surface area (TPSA) is 58.1 Å². The zero-order valence-corrected chi connectivity index (χ0v) is 17.3. The highest BCUT2D eigenvalue weighted by Gasteiger charge is 2.27. The number of carbonyl (C=O) groups excluding carboxylic acids is 1. The molecular formula is C22H24ClFN4O. The molecule has 5 nitrogen and oxygen atoms in total. The molecule has 0 spiro atoms. The SMILES string of the molecule is Cc1ccc2c(Nc3ccc(F)cc3)c(C(=O)N3CCCCC3C)cnc2n1.Cl. The van der Waals surface area contributed by atoms with E-state index >= 15 is 0 Å². The first kappa shape index (κ1) is 21.0. The van der Waals surface area contributed by atoms with Crippen molar-refractivity contribution in [3.8, 4) is 0 Å². The normalized spacial score (nSPS) is 16.4. The average molecular weight is 415 g/mol. The fourth-order valence-corrected chi connectivity index (χ4v) is 3.70. The number of carbonyl (C=O) groups is 1. The number of pyridine rings is 2. The molecule has 1 aliphatic rings. The zero-order valence-electron chi connectivity index (χ0n) is 16.5. The van der Waals surface area contributed by atoms with Crippen LogP contribution >= 0.6 is 12.4 Å². The van der Waals surface area contributed by atoms with Crippen LogP contribution in [-0.4, -0.2) is 33.4 Å². The third-order valence-corrected chi connectivity index (χ3v) is 5.28. The smallest absolute Gasteiger partial charge is 0.257 e. The minimum absolute atomic E-state index is 0. The Morgan fingerprint density at radius 2 is 1.93 bits per heavy atom. The van der Waals surface area contributed by atoms with Gasteiger partial charge in [0.05, 0.1) is 11.3 Å². The first-order valence-electron chi connectivity index (χ1n) is 9.63. The Bertz CT molecular complexity index is 1030. The maximum Gasteiger partial charge on any atom is 0.257 e. The Labute approximate surface area is 175 Å². The maximum absolute atomic E-state index is 13.4. The van der Waals surface area contributed by atoms with Crippen LogP contribution in [0.2, 0.25) is 0 Å². The van der Waals surface area contributed by atoms with Crippen LogP contribution in [0.25, 0.3) is 11.0 Å². The van der Waals surface area contributed by atoms with Gasteiger partial charge in [-0.1, -0.05) is 0 Å². The van der Waals surface area contributed by atoms with Crippen LogP contribution in [0, 0.1) is 12.7 Å². The second-order valence-electron chi connectivity index (χ2n) is 7.35. The first-order valence-corrected chi connectivity index (χ1v) is 9.63. The number of aromatic nitrogens is 2. The van der Waals surface area contributed by atoms with Crippen molar-refractivity contribution in [3.63, 3.8) is 0 Å². The molecule has 2 aromatic heterocycles. The molecule has 1 atom stereocenters. The molecule has 1 aliphatic heterocycles. The molecule has 0 radical (unpaired) electrons. The Morgan fingerprint density at radius 3 is 2.66 bits per heavy atom. The summed E-state index contributed by atoms with van der Waals surface area (Å²) in [5, 5.41) is 4.07. The minimum atomic E-state index is -0.305. The number of halogens is 2. The lowest BCUT2D eigenvalue weighted by atomic mass is 10.0. The van der Waals surface area contributed by atoms with Crippen molar-refractivity contribution in [2.75, 3.05) is 11.9 Å². The predicted octanol–water partition coefficient (Wildman–Crippen LogP) is 5.26. The lowest BCUT2D eigenvalue weighted by molar-refractivity contribution is 0.0636. The Kier molecular flexibility index (Phi) is 6.33. The number of piperidine rings is 1. The quantitative estimate of drug-likeness (QED) is 0.635. The van der Waals surface area contributed by atoms with Gasteiger partial charge in [-0.05, 0) is 69.5 Å². The summed E-state index contributed by atoms with van der Waals surface area (Å²) >= 11 is 0. The second kappa shape index (κ2) is 8.74. The maximum atomic E-state index is 13.4. The van der Waals surface area contributed by atoms with Gasteiger partial charge in [-0.3, -0.25) is 4.79 Å². The molecule has 3 aromatic rings. The monoisotopic (exact) mass is 414 g/mol. The van der Waals surface area contributed by atoms with E-state index in [9.17, 15) is 9.18 Å². The summed E-state index contributed by atoms with van der Waals surface area (Å²) < 4.78 is 13.3. The van der Waals surface area contributed by atoms with Gasteiger partial charge in [-0.15, -0.1) is 12.4 Å². The highest BCUT2D eigenvalue weighted by molar-refractivity contribution is 6.07. The van der Waals surface area contributed by atoms with Crippen molar-refractivity contribution in [3.05, 3.63) is 59.7 Å². The highest BCUT2D eigenvalue weighted by Crippen LogP contribution is 2.31. The molecule has 0 bridgehead atoms. The number of amides is 1. The fourth-order valence-electron chi connectivity index (χ4n) is 3.70. The summed E-state index contributed by atoms with van der Waals surface area (Å²) in [6.45, 7) is 4.74. The predicted molar refractivity (Wildman–Crippen MR) is 116 cm³/mol. The number of fused-ring (bicyclic) bond motifs is 1. The largest absolute Gasteiger partial charge is 0.354 e. The van der Waals surface area contributed by atoms with E-state index in [-0.39, 0.29) is 30.2 Å². The summed E-state index contributed by atoms with van der Waals surface area (Å²) in [7, 11) is 0. The van der Waals surface area contributed by atoms with Crippen LogP contribution in [-0.2, 0) is 0 Å². The van der Waals surface area contributed by atoms with Crippen molar-refractivity contribution < 1.29 is 9.18 Å². The van der Waals surface area contributed by atoms with E-state index in [1.54, 1.807) is 18.3 Å². The molecule has 1 fully saturated rings. The lowest BCUT2D eigenvalue weighted by Crippen LogP contribution is -2.42. The van der Waals surface area contributed by atoms with Crippen molar-refractivity contribution >= 4 is 40.7 Å². The van der Waals surface area contributed by atoms with Gasteiger partial charge in [0, 0.05) is 35.6 Å². The fraction of sp³-hybridized carbons (Fsp3) is 0.318. The minimum Gasteiger partial charge on any atom is -0.354 e. The summed E-state index contributed by atoms with van der Waals surface area (Å²) in [6.07, 6.45) is 4.77. The van der Waals surface area contributed by atoms with Gasteiger partial charge in [0.2, 0.25) is 0 Å². The number of nitrogens with one attached hydrogen (secondary N) is 1. The zero-order chi connectivity index (χ0) is 19.7. The van der Waals surface area contributed by atoms with E-state index in [0.717, 1.165) is 36.9 Å². The molecule has 4 rings (SSSR count). The van der Waals surface area contributed by atoms with Gasteiger partial charge < -0.3 is 10.2 Å². The number of rotatable bonds is 3. The molecule has 3 heterocycles. The molecule has 1 aromatic carbocycles. The lowest BCUT2D eigenvalue weighted by Gasteiger charge is -2.34. The molecule has 29 heavy (non-hydrogen) atoms. The molecule has 0 saturated carbocycles. The Hall–Kier alpha value is -2.73. The van der Waals surface area contributed by atoms with Gasteiger partial charge in [-0.2, -0.15) is 0 Å². The van der Waals surface area contributed by atoms with E-state index in [1.165, 1.54) is 12.1 Å². The van der Waals surface area contributed by atoms with Crippen molar-refractivity contribution in [2.45, 2.75) is 39.2 Å². The molecule has 1 amide bonds. The molecule has 0 aliphatic carbocycles. The van der Waals surface area contributed by atoms with Gasteiger partial charge in [0.15, 0.2) is 5.65 Å². The summed E-state index contributed by atoms with van der Waals surface area (Å²) in [5.41, 5.74) is 3.31. The van der Waals surface area contributed by atoms with Gasteiger partial charge in [0.25, 0.3) is 5.91 Å². The standard InChI is InChI=1S/C22H23FN4O.ClH/c1-14-6-11-18-20(26-17-9-7-16(23)8-10-17)19(13-24-21(18)25-14)22(28)27-12-4-3-5-15(27)2;/h6-11,13,15H,3-5,12H2,1-2H3,(H,24,25,26);1H. The summed E-state index contributed by atoms with van der Waals surface area (Å²) in [6, 6.07) is 10.1. The van der Waals surface area contributed by atoms with E-state index in [2.05, 4.69) is 22.2 Å². The van der Waals surface area contributed by atoms with Crippen LogP contribution in [0.15, 0.2) is 42.6 Å². The number of aryl methyl sites for hydroxylation is 1. The average Bonchev–Trinajstić information content (AvgIpc) is 2.69. The molecule has 152 valence electrons. The number of benzene rings is 1. The number of hydrogen-bond acceptors (Lipinski definition) is 4. The Morgan fingerprint density at radius 1 is 1.17 bits per heavy atom. The van der Waals surface area contributed by atoms with E-state index in [0.29, 0.717) is 22.6 Å². The molecular weight excluding hydrogens is 391 g/mol.